The lowest BCUT2D eigenvalue weighted by Crippen LogP contribution is -2.30. The Kier molecular flexibility index (Phi) is 5.89. The molecule has 5 heteroatoms. The fourth-order valence-electron chi connectivity index (χ4n) is 3.27. The number of carbonyl (C=O) groups is 2. The van der Waals surface area contributed by atoms with Crippen molar-refractivity contribution in [3.63, 3.8) is 0 Å². The van der Waals surface area contributed by atoms with Crippen LogP contribution in [0.15, 0.2) is 48.5 Å². The molecule has 0 bridgehead atoms. The largest absolute Gasteiger partial charge is 0.342 e. The van der Waals surface area contributed by atoms with E-state index >= 15 is 0 Å². The van der Waals surface area contributed by atoms with Crippen molar-refractivity contribution in [1.29, 1.82) is 0 Å². The summed E-state index contributed by atoms with van der Waals surface area (Å²) in [4.78, 5) is 26.4. The van der Waals surface area contributed by atoms with Gasteiger partial charge in [-0.1, -0.05) is 38.1 Å². The molecule has 1 atom stereocenters. The first kappa shape index (κ1) is 19.1. The highest BCUT2D eigenvalue weighted by atomic mass is 19.1. The summed E-state index contributed by atoms with van der Waals surface area (Å²) in [5, 5.41) is 2.91. The van der Waals surface area contributed by atoms with E-state index < -0.39 is 0 Å². The van der Waals surface area contributed by atoms with Gasteiger partial charge in [0, 0.05) is 25.2 Å². The summed E-state index contributed by atoms with van der Waals surface area (Å²) in [6.45, 7) is 5.21. The van der Waals surface area contributed by atoms with Crippen molar-refractivity contribution in [3.05, 3.63) is 65.5 Å². The van der Waals surface area contributed by atoms with Crippen LogP contribution in [0.4, 0.5) is 10.1 Å². The molecule has 142 valence electrons. The molecule has 1 saturated heterocycles. The van der Waals surface area contributed by atoms with Gasteiger partial charge in [0.1, 0.15) is 5.82 Å². The molecule has 2 aromatic rings. The highest BCUT2D eigenvalue weighted by Crippen LogP contribution is 2.22. The van der Waals surface area contributed by atoms with E-state index in [2.05, 4.69) is 19.2 Å². The van der Waals surface area contributed by atoms with Crippen LogP contribution in [0.1, 0.15) is 37.3 Å². The van der Waals surface area contributed by atoms with Gasteiger partial charge >= 0.3 is 0 Å². The Hall–Kier alpha value is -2.69. The third-order valence-corrected chi connectivity index (χ3v) is 5.01. The molecule has 0 aromatic heterocycles. The summed E-state index contributed by atoms with van der Waals surface area (Å²) in [7, 11) is 0. The minimum Gasteiger partial charge on any atom is -0.342 e. The lowest BCUT2D eigenvalue weighted by Gasteiger charge is -2.16. The number of likely N-dealkylation sites (tertiary alicyclic amines) is 1. The molecule has 2 amide bonds. The number of rotatable bonds is 6. The summed E-state index contributed by atoms with van der Waals surface area (Å²) < 4.78 is 13.0. The SMILES string of the molecule is CC(C)c1ccc(NC(=O)[C@H]2CC(=O)N(CCc3ccc(F)cc3)C2)cc1. The first-order chi connectivity index (χ1) is 12.9. The normalized spacial score (nSPS) is 16.8. The second-order valence-electron chi connectivity index (χ2n) is 7.38. The Morgan fingerprint density at radius 3 is 2.44 bits per heavy atom. The summed E-state index contributed by atoms with van der Waals surface area (Å²) in [5.74, 6) is -0.293. The third-order valence-electron chi connectivity index (χ3n) is 5.01. The van der Waals surface area contributed by atoms with Crippen molar-refractivity contribution < 1.29 is 14.0 Å². The van der Waals surface area contributed by atoms with Crippen LogP contribution in [-0.2, 0) is 16.0 Å². The average molecular weight is 368 g/mol. The standard InChI is InChI=1S/C22H25FN2O2/c1-15(2)17-5-9-20(10-6-17)24-22(27)18-13-21(26)25(14-18)12-11-16-3-7-19(23)8-4-16/h3-10,15,18H,11-14H2,1-2H3,(H,24,27)/t18-/m0/s1. The fraction of sp³-hybridized carbons (Fsp3) is 0.364. The van der Waals surface area contributed by atoms with Crippen LogP contribution in [0.5, 0.6) is 0 Å². The second kappa shape index (κ2) is 8.33. The molecule has 0 aliphatic carbocycles. The molecule has 3 rings (SSSR count). The van der Waals surface area contributed by atoms with Crippen molar-refractivity contribution in [2.75, 3.05) is 18.4 Å². The van der Waals surface area contributed by atoms with E-state index in [1.165, 1.54) is 17.7 Å². The van der Waals surface area contributed by atoms with Crippen LogP contribution in [0.2, 0.25) is 0 Å². The Morgan fingerprint density at radius 1 is 1.15 bits per heavy atom. The predicted octanol–water partition coefficient (Wildman–Crippen LogP) is 3.98. The van der Waals surface area contributed by atoms with Crippen LogP contribution < -0.4 is 5.32 Å². The second-order valence-corrected chi connectivity index (χ2v) is 7.38. The van der Waals surface area contributed by atoms with Crippen LogP contribution in [0.3, 0.4) is 0 Å². The van der Waals surface area contributed by atoms with Crippen molar-refractivity contribution in [3.8, 4) is 0 Å². The first-order valence-corrected chi connectivity index (χ1v) is 9.35. The van der Waals surface area contributed by atoms with Crippen molar-refractivity contribution in [2.24, 2.45) is 5.92 Å². The van der Waals surface area contributed by atoms with E-state index in [1.807, 2.05) is 24.3 Å². The van der Waals surface area contributed by atoms with Gasteiger partial charge in [-0.2, -0.15) is 0 Å². The van der Waals surface area contributed by atoms with E-state index in [9.17, 15) is 14.0 Å². The van der Waals surface area contributed by atoms with E-state index in [0.29, 0.717) is 25.4 Å². The molecule has 4 nitrogen and oxygen atoms in total. The van der Waals surface area contributed by atoms with Crippen LogP contribution >= 0.6 is 0 Å². The molecule has 0 radical (unpaired) electrons. The van der Waals surface area contributed by atoms with Gasteiger partial charge in [-0.05, 0) is 47.7 Å². The minimum atomic E-state index is -0.338. The molecule has 1 aliphatic rings. The Morgan fingerprint density at radius 2 is 1.81 bits per heavy atom. The number of nitrogens with zero attached hydrogens (tertiary/aromatic N) is 1. The third kappa shape index (κ3) is 4.94. The minimum absolute atomic E-state index is 0.00702. The van der Waals surface area contributed by atoms with Gasteiger partial charge < -0.3 is 10.2 Å². The molecular weight excluding hydrogens is 343 g/mol. The number of carbonyl (C=O) groups excluding carboxylic acids is 2. The molecule has 0 unspecified atom stereocenters. The number of anilines is 1. The van der Waals surface area contributed by atoms with E-state index in [1.54, 1.807) is 17.0 Å². The molecule has 1 heterocycles. The van der Waals surface area contributed by atoms with Gasteiger partial charge in [0.05, 0.1) is 5.92 Å². The van der Waals surface area contributed by atoms with Gasteiger partial charge in [-0.25, -0.2) is 4.39 Å². The maximum absolute atomic E-state index is 13.0. The summed E-state index contributed by atoms with van der Waals surface area (Å²) >= 11 is 0. The molecule has 1 aliphatic heterocycles. The number of amides is 2. The Bertz CT molecular complexity index is 800. The molecule has 2 aromatic carbocycles. The average Bonchev–Trinajstić information content (AvgIpc) is 3.03. The van der Waals surface area contributed by atoms with Crippen molar-refractivity contribution in [2.45, 2.75) is 32.6 Å². The maximum atomic E-state index is 13.0. The smallest absolute Gasteiger partial charge is 0.229 e. The van der Waals surface area contributed by atoms with Gasteiger partial charge in [0.25, 0.3) is 0 Å². The molecule has 0 saturated carbocycles. The van der Waals surface area contributed by atoms with Gasteiger partial charge in [-0.15, -0.1) is 0 Å². The number of halogens is 1. The fourth-order valence-corrected chi connectivity index (χ4v) is 3.27. The zero-order valence-corrected chi connectivity index (χ0v) is 15.7. The first-order valence-electron chi connectivity index (χ1n) is 9.35. The zero-order chi connectivity index (χ0) is 19.4. The van der Waals surface area contributed by atoms with E-state index in [4.69, 9.17) is 0 Å². The molecular formula is C22H25FN2O2. The predicted molar refractivity (Wildman–Crippen MR) is 104 cm³/mol. The zero-order valence-electron chi connectivity index (χ0n) is 15.7. The number of benzene rings is 2. The van der Waals surface area contributed by atoms with E-state index in [0.717, 1.165) is 11.3 Å². The highest BCUT2D eigenvalue weighted by molar-refractivity contribution is 5.97. The quantitative estimate of drug-likeness (QED) is 0.838. The Balaban J connectivity index is 1.52. The van der Waals surface area contributed by atoms with Crippen LogP contribution in [-0.4, -0.2) is 29.8 Å². The lowest BCUT2D eigenvalue weighted by molar-refractivity contribution is -0.128. The molecule has 0 spiro atoms. The summed E-state index contributed by atoms with van der Waals surface area (Å²) in [6, 6.07) is 14.1. The molecule has 27 heavy (non-hydrogen) atoms. The number of nitrogens with one attached hydrogen (secondary N) is 1. The molecule has 1 fully saturated rings. The van der Waals surface area contributed by atoms with Gasteiger partial charge in [0.15, 0.2) is 0 Å². The maximum Gasteiger partial charge on any atom is 0.229 e. The summed E-state index contributed by atoms with van der Waals surface area (Å²) in [5.41, 5.74) is 2.94. The molecule has 1 N–H and O–H groups in total. The van der Waals surface area contributed by atoms with Crippen LogP contribution in [0.25, 0.3) is 0 Å². The van der Waals surface area contributed by atoms with Crippen molar-refractivity contribution in [1.82, 2.24) is 4.90 Å². The monoisotopic (exact) mass is 368 g/mol. The number of hydrogen-bond acceptors (Lipinski definition) is 2. The summed E-state index contributed by atoms with van der Waals surface area (Å²) in [6.07, 6.45) is 0.885. The number of hydrogen-bond donors (Lipinski definition) is 1. The van der Waals surface area contributed by atoms with E-state index in [-0.39, 0.29) is 30.0 Å². The van der Waals surface area contributed by atoms with Gasteiger partial charge in [0.2, 0.25) is 11.8 Å². The Labute approximate surface area is 159 Å². The highest BCUT2D eigenvalue weighted by Gasteiger charge is 2.34. The van der Waals surface area contributed by atoms with Crippen LogP contribution in [0, 0.1) is 11.7 Å². The topological polar surface area (TPSA) is 49.4 Å². The lowest BCUT2D eigenvalue weighted by atomic mass is 10.0. The van der Waals surface area contributed by atoms with Crippen molar-refractivity contribution >= 4 is 17.5 Å². The van der Waals surface area contributed by atoms with Gasteiger partial charge in [-0.3, -0.25) is 9.59 Å².